The lowest BCUT2D eigenvalue weighted by Gasteiger charge is -2.33. The molecule has 2 aliphatic heterocycles. The van der Waals surface area contributed by atoms with Gasteiger partial charge in [-0.05, 0) is 56.4 Å². The predicted molar refractivity (Wildman–Crippen MR) is 117 cm³/mol. The second-order valence-electron chi connectivity index (χ2n) is 8.43. The normalized spacial score (nSPS) is 22.1. The fourth-order valence-electron chi connectivity index (χ4n) is 4.34. The summed E-state index contributed by atoms with van der Waals surface area (Å²) in [7, 11) is 0. The number of hydrazine groups is 1. The highest BCUT2D eigenvalue weighted by molar-refractivity contribution is 5.94. The Morgan fingerprint density at radius 3 is 2.37 bits per heavy atom. The van der Waals surface area contributed by atoms with E-state index in [0.29, 0.717) is 18.7 Å². The molecule has 2 aromatic carbocycles. The number of likely N-dealkylation sites (tertiary alicyclic amines) is 1. The van der Waals surface area contributed by atoms with E-state index in [-0.39, 0.29) is 29.9 Å². The van der Waals surface area contributed by atoms with Gasteiger partial charge < -0.3 is 10.2 Å². The number of nitrogens with zero attached hydrogens (tertiary/aromatic N) is 1. The summed E-state index contributed by atoms with van der Waals surface area (Å²) in [6.07, 6.45) is 2.31. The molecule has 2 aromatic rings. The average Bonchev–Trinajstić information content (AvgIpc) is 3.24. The lowest BCUT2D eigenvalue weighted by Crippen LogP contribution is -2.51. The topological polar surface area (TPSA) is 73.5 Å². The second kappa shape index (κ2) is 8.98. The minimum absolute atomic E-state index is 0.0393. The lowest BCUT2D eigenvalue weighted by molar-refractivity contribution is -0.134. The first-order valence-electron chi connectivity index (χ1n) is 10.7. The summed E-state index contributed by atoms with van der Waals surface area (Å²) in [5, 5.41) is 3.11. The van der Waals surface area contributed by atoms with Gasteiger partial charge in [0.15, 0.2) is 0 Å². The Hall–Kier alpha value is -2.70. The van der Waals surface area contributed by atoms with E-state index in [2.05, 4.69) is 35.2 Å². The van der Waals surface area contributed by atoms with Crippen LogP contribution < -0.4 is 16.2 Å². The van der Waals surface area contributed by atoms with Gasteiger partial charge in [0.25, 0.3) is 5.91 Å². The Morgan fingerprint density at radius 1 is 0.967 bits per heavy atom. The van der Waals surface area contributed by atoms with Crippen LogP contribution in [0, 0.1) is 13.8 Å². The summed E-state index contributed by atoms with van der Waals surface area (Å²) in [6.45, 7) is 5.45. The molecule has 2 amide bonds. The Morgan fingerprint density at radius 2 is 1.67 bits per heavy atom. The monoisotopic (exact) mass is 406 g/mol. The maximum absolute atomic E-state index is 13.0. The van der Waals surface area contributed by atoms with Crippen molar-refractivity contribution in [3.8, 4) is 0 Å². The van der Waals surface area contributed by atoms with Crippen LogP contribution in [0.1, 0.15) is 52.4 Å². The minimum Gasteiger partial charge on any atom is -0.349 e. The summed E-state index contributed by atoms with van der Waals surface area (Å²) in [6, 6.07) is 15.9. The van der Waals surface area contributed by atoms with E-state index in [0.717, 1.165) is 24.8 Å². The van der Waals surface area contributed by atoms with Crippen molar-refractivity contribution in [2.75, 3.05) is 13.1 Å². The predicted octanol–water partition coefficient (Wildman–Crippen LogP) is 2.63. The van der Waals surface area contributed by atoms with Crippen LogP contribution in [0.4, 0.5) is 0 Å². The largest absolute Gasteiger partial charge is 0.349 e. The number of carbonyl (C=O) groups excluding carboxylic acids is 2. The van der Waals surface area contributed by atoms with Crippen molar-refractivity contribution in [3.63, 3.8) is 0 Å². The van der Waals surface area contributed by atoms with E-state index in [4.69, 9.17) is 0 Å². The van der Waals surface area contributed by atoms with Crippen LogP contribution in [0.25, 0.3) is 0 Å². The van der Waals surface area contributed by atoms with E-state index in [9.17, 15) is 9.59 Å². The van der Waals surface area contributed by atoms with Crippen molar-refractivity contribution in [3.05, 3.63) is 70.8 Å². The molecule has 2 fully saturated rings. The number of hydrogen-bond acceptors (Lipinski definition) is 4. The molecule has 3 N–H and O–H groups in total. The third-order valence-corrected chi connectivity index (χ3v) is 6.22. The molecule has 6 heteroatoms. The molecule has 0 aliphatic carbocycles. The molecular formula is C24H30N4O2. The zero-order valence-corrected chi connectivity index (χ0v) is 17.7. The van der Waals surface area contributed by atoms with E-state index in [1.807, 2.05) is 48.2 Å². The summed E-state index contributed by atoms with van der Waals surface area (Å²) in [4.78, 5) is 27.3. The molecule has 2 atom stereocenters. The number of hydrogen-bond donors (Lipinski definition) is 3. The van der Waals surface area contributed by atoms with Crippen molar-refractivity contribution in [1.82, 2.24) is 21.1 Å². The number of rotatable bonds is 4. The Labute approximate surface area is 178 Å². The van der Waals surface area contributed by atoms with Gasteiger partial charge in [-0.2, -0.15) is 0 Å². The summed E-state index contributed by atoms with van der Waals surface area (Å²) >= 11 is 0. The van der Waals surface area contributed by atoms with E-state index < -0.39 is 0 Å². The lowest BCUT2D eigenvalue weighted by atomic mass is 9.97. The van der Waals surface area contributed by atoms with E-state index in [1.165, 1.54) is 11.1 Å². The highest BCUT2D eigenvalue weighted by Gasteiger charge is 2.34. The molecule has 0 aromatic heterocycles. The first-order chi connectivity index (χ1) is 14.5. The Balaban J connectivity index is 1.27. The number of carbonyl (C=O) groups is 2. The fourth-order valence-corrected chi connectivity index (χ4v) is 4.34. The quantitative estimate of drug-likeness (QED) is 0.730. The van der Waals surface area contributed by atoms with Gasteiger partial charge in [0.05, 0.1) is 0 Å². The first-order valence-corrected chi connectivity index (χ1v) is 10.7. The highest BCUT2D eigenvalue weighted by atomic mass is 16.2. The van der Waals surface area contributed by atoms with E-state index >= 15 is 0 Å². The molecule has 2 aliphatic rings. The molecule has 2 saturated heterocycles. The zero-order valence-electron chi connectivity index (χ0n) is 17.7. The molecule has 0 radical (unpaired) electrons. The molecule has 30 heavy (non-hydrogen) atoms. The number of amides is 2. The van der Waals surface area contributed by atoms with Gasteiger partial charge in [0.1, 0.15) is 6.04 Å². The molecule has 158 valence electrons. The van der Waals surface area contributed by atoms with Crippen molar-refractivity contribution < 1.29 is 9.59 Å². The number of nitrogens with one attached hydrogen (secondary N) is 3. The molecule has 0 spiro atoms. The Kier molecular flexibility index (Phi) is 6.16. The second-order valence-corrected chi connectivity index (χ2v) is 8.43. The van der Waals surface area contributed by atoms with Gasteiger partial charge in [-0.1, -0.05) is 42.0 Å². The molecule has 4 rings (SSSR count). The third kappa shape index (κ3) is 4.55. The minimum atomic E-state index is -0.215. The molecule has 2 unspecified atom stereocenters. The zero-order chi connectivity index (χ0) is 21.1. The average molecular weight is 407 g/mol. The van der Waals surface area contributed by atoms with Crippen LogP contribution in [-0.4, -0.2) is 41.9 Å². The molecular weight excluding hydrogens is 376 g/mol. The summed E-state index contributed by atoms with van der Waals surface area (Å²) in [5.41, 5.74) is 10.8. The Bertz CT molecular complexity index is 904. The maximum Gasteiger partial charge on any atom is 0.251 e. The number of aryl methyl sites for hydroxylation is 2. The van der Waals surface area contributed by atoms with Crippen LogP contribution >= 0.6 is 0 Å². The van der Waals surface area contributed by atoms with Crippen molar-refractivity contribution in [2.24, 2.45) is 0 Å². The standard InChI is InChI=1S/C24H30N4O2/c1-16-7-9-18(10-8-16)23(29)25-19-11-13-28(14-12-19)24(30)22-15-21(26-27-22)20-6-4-3-5-17(20)2/h3-10,19,21-22,26-27H,11-15H2,1-2H3,(H,25,29). The van der Waals surface area contributed by atoms with Gasteiger partial charge in [0, 0.05) is 30.7 Å². The van der Waals surface area contributed by atoms with Crippen LogP contribution in [-0.2, 0) is 4.79 Å². The summed E-state index contributed by atoms with van der Waals surface area (Å²) in [5.74, 6) is 0.101. The van der Waals surface area contributed by atoms with Crippen LogP contribution in [0.15, 0.2) is 48.5 Å². The van der Waals surface area contributed by atoms with Crippen molar-refractivity contribution in [2.45, 2.75) is 51.2 Å². The summed E-state index contributed by atoms with van der Waals surface area (Å²) < 4.78 is 0. The third-order valence-electron chi connectivity index (χ3n) is 6.22. The number of piperidine rings is 1. The molecule has 0 saturated carbocycles. The smallest absolute Gasteiger partial charge is 0.251 e. The molecule has 2 heterocycles. The maximum atomic E-state index is 13.0. The van der Waals surface area contributed by atoms with Crippen LogP contribution in [0.5, 0.6) is 0 Å². The molecule has 6 nitrogen and oxygen atoms in total. The van der Waals surface area contributed by atoms with Gasteiger partial charge in [-0.15, -0.1) is 0 Å². The van der Waals surface area contributed by atoms with E-state index in [1.54, 1.807) is 0 Å². The van der Waals surface area contributed by atoms with Gasteiger partial charge in [-0.3, -0.25) is 9.59 Å². The molecule has 0 bridgehead atoms. The van der Waals surface area contributed by atoms with Crippen LogP contribution in [0.2, 0.25) is 0 Å². The fraction of sp³-hybridized carbons (Fsp3) is 0.417. The first kappa shape index (κ1) is 20.6. The SMILES string of the molecule is Cc1ccc(C(=O)NC2CCN(C(=O)C3CC(c4ccccc4C)NN3)CC2)cc1. The highest BCUT2D eigenvalue weighted by Crippen LogP contribution is 2.26. The van der Waals surface area contributed by atoms with Gasteiger partial charge in [0.2, 0.25) is 5.91 Å². The van der Waals surface area contributed by atoms with Crippen molar-refractivity contribution in [1.29, 1.82) is 0 Å². The van der Waals surface area contributed by atoms with Crippen LogP contribution in [0.3, 0.4) is 0 Å². The van der Waals surface area contributed by atoms with Gasteiger partial charge in [-0.25, -0.2) is 10.9 Å². The van der Waals surface area contributed by atoms with Crippen molar-refractivity contribution >= 4 is 11.8 Å². The number of benzene rings is 2. The van der Waals surface area contributed by atoms with Gasteiger partial charge >= 0.3 is 0 Å².